The van der Waals surface area contributed by atoms with Gasteiger partial charge >= 0.3 is 0 Å². The fraction of sp³-hybridized carbons (Fsp3) is 0.0476. The Bertz CT molecular complexity index is 913. The van der Waals surface area contributed by atoms with Crippen LogP contribution in [-0.2, 0) is 6.54 Å². The molecule has 0 aliphatic heterocycles. The SMILES string of the molecule is c1ccc(-c2cc(-c3ccccc3)n(Cc3ccccn3)n2)cc1. The highest BCUT2D eigenvalue weighted by Gasteiger charge is 2.12. The van der Waals surface area contributed by atoms with Gasteiger partial charge < -0.3 is 0 Å². The molecular weight excluding hydrogens is 294 g/mol. The fourth-order valence-electron chi connectivity index (χ4n) is 2.77. The molecule has 24 heavy (non-hydrogen) atoms. The van der Waals surface area contributed by atoms with E-state index in [4.69, 9.17) is 5.10 Å². The molecule has 0 spiro atoms. The van der Waals surface area contributed by atoms with Crippen LogP contribution in [0.15, 0.2) is 91.1 Å². The lowest BCUT2D eigenvalue weighted by Crippen LogP contribution is -2.05. The van der Waals surface area contributed by atoms with Gasteiger partial charge in [0.05, 0.1) is 23.6 Å². The Labute approximate surface area is 141 Å². The maximum absolute atomic E-state index is 4.83. The minimum absolute atomic E-state index is 0.651. The van der Waals surface area contributed by atoms with E-state index in [0.29, 0.717) is 6.54 Å². The van der Waals surface area contributed by atoms with Gasteiger partial charge in [0.25, 0.3) is 0 Å². The summed E-state index contributed by atoms with van der Waals surface area (Å²) in [5, 5.41) is 4.83. The molecule has 0 atom stereocenters. The highest BCUT2D eigenvalue weighted by Crippen LogP contribution is 2.26. The quantitative estimate of drug-likeness (QED) is 0.549. The maximum atomic E-state index is 4.83. The second-order valence-electron chi connectivity index (χ2n) is 5.63. The number of pyridine rings is 1. The van der Waals surface area contributed by atoms with E-state index < -0.39 is 0 Å². The summed E-state index contributed by atoms with van der Waals surface area (Å²) in [5.74, 6) is 0. The van der Waals surface area contributed by atoms with Crippen LogP contribution < -0.4 is 0 Å². The van der Waals surface area contributed by atoms with Gasteiger partial charge in [-0.25, -0.2) is 0 Å². The highest BCUT2D eigenvalue weighted by atomic mass is 15.3. The van der Waals surface area contributed by atoms with Crippen molar-refractivity contribution in [2.24, 2.45) is 0 Å². The predicted molar refractivity (Wildman–Crippen MR) is 96.4 cm³/mol. The normalized spacial score (nSPS) is 10.7. The van der Waals surface area contributed by atoms with Gasteiger partial charge in [0.2, 0.25) is 0 Å². The van der Waals surface area contributed by atoms with Gasteiger partial charge in [-0.2, -0.15) is 5.10 Å². The molecule has 0 aliphatic carbocycles. The first-order valence-electron chi connectivity index (χ1n) is 7.99. The molecule has 3 heteroatoms. The van der Waals surface area contributed by atoms with Gasteiger partial charge in [0, 0.05) is 11.8 Å². The minimum Gasteiger partial charge on any atom is -0.259 e. The number of rotatable bonds is 4. The minimum atomic E-state index is 0.651. The van der Waals surface area contributed by atoms with E-state index in [0.717, 1.165) is 28.2 Å². The van der Waals surface area contributed by atoms with Crippen LogP contribution in [0.25, 0.3) is 22.5 Å². The zero-order valence-electron chi connectivity index (χ0n) is 13.2. The molecule has 0 N–H and O–H groups in total. The molecule has 116 valence electrons. The number of nitrogens with zero attached hydrogens (tertiary/aromatic N) is 3. The molecule has 0 aliphatic rings. The monoisotopic (exact) mass is 311 g/mol. The van der Waals surface area contributed by atoms with Gasteiger partial charge in [-0.15, -0.1) is 0 Å². The summed E-state index contributed by atoms with van der Waals surface area (Å²) >= 11 is 0. The van der Waals surface area contributed by atoms with Crippen molar-refractivity contribution in [2.75, 3.05) is 0 Å². The summed E-state index contributed by atoms with van der Waals surface area (Å²) in [5.41, 5.74) is 5.35. The van der Waals surface area contributed by atoms with E-state index in [1.165, 1.54) is 0 Å². The lowest BCUT2D eigenvalue weighted by molar-refractivity contribution is 0.682. The lowest BCUT2D eigenvalue weighted by Gasteiger charge is -2.07. The Morgan fingerprint density at radius 1 is 0.708 bits per heavy atom. The summed E-state index contributed by atoms with van der Waals surface area (Å²) in [6, 6.07) is 28.7. The van der Waals surface area contributed by atoms with E-state index in [1.807, 2.05) is 53.3 Å². The second kappa shape index (κ2) is 6.50. The van der Waals surface area contributed by atoms with Crippen LogP contribution in [0.3, 0.4) is 0 Å². The fourth-order valence-corrected chi connectivity index (χ4v) is 2.77. The molecule has 2 aromatic carbocycles. The third-order valence-electron chi connectivity index (χ3n) is 3.96. The maximum Gasteiger partial charge on any atom is 0.0929 e. The summed E-state index contributed by atoms with van der Waals surface area (Å²) < 4.78 is 2.03. The smallest absolute Gasteiger partial charge is 0.0929 e. The third-order valence-corrected chi connectivity index (χ3v) is 3.96. The van der Waals surface area contributed by atoms with Crippen molar-refractivity contribution in [1.82, 2.24) is 14.8 Å². The molecule has 0 amide bonds. The van der Waals surface area contributed by atoms with E-state index in [-0.39, 0.29) is 0 Å². The zero-order chi connectivity index (χ0) is 16.2. The molecule has 0 saturated carbocycles. The van der Waals surface area contributed by atoms with Crippen molar-refractivity contribution in [3.63, 3.8) is 0 Å². The average Bonchev–Trinajstić information content (AvgIpc) is 3.08. The summed E-state index contributed by atoms with van der Waals surface area (Å²) in [4.78, 5) is 4.43. The number of hydrogen-bond donors (Lipinski definition) is 0. The Morgan fingerprint density at radius 2 is 1.38 bits per heavy atom. The molecule has 0 radical (unpaired) electrons. The summed E-state index contributed by atoms with van der Waals surface area (Å²) in [7, 11) is 0. The van der Waals surface area contributed by atoms with Crippen LogP contribution in [-0.4, -0.2) is 14.8 Å². The van der Waals surface area contributed by atoms with E-state index >= 15 is 0 Å². The van der Waals surface area contributed by atoms with E-state index in [2.05, 4.69) is 47.4 Å². The van der Waals surface area contributed by atoms with Crippen molar-refractivity contribution in [2.45, 2.75) is 6.54 Å². The summed E-state index contributed by atoms with van der Waals surface area (Å²) in [6.07, 6.45) is 1.82. The standard InChI is InChI=1S/C21H17N3/c1-3-9-17(10-4-1)20-15-21(18-11-5-2-6-12-18)24(23-20)16-19-13-7-8-14-22-19/h1-15H,16H2. The largest absolute Gasteiger partial charge is 0.259 e. The Hall–Kier alpha value is -3.20. The molecule has 0 fully saturated rings. The average molecular weight is 311 g/mol. The van der Waals surface area contributed by atoms with E-state index in [9.17, 15) is 0 Å². The first-order valence-corrected chi connectivity index (χ1v) is 7.99. The molecule has 2 aromatic heterocycles. The van der Waals surface area contributed by atoms with Crippen LogP contribution in [0.1, 0.15) is 5.69 Å². The van der Waals surface area contributed by atoms with Crippen LogP contribution >= 0.6 is 0 Å². The second-order valence-corrected chi connectivity index (χ2v) is 5.63. The molecule has 0 saturated heterocycles. The van der Waals surface area contributed by atoms with Crippen LogP contribution in [0.5, 0.6) is 0 Å². The molecule has 0 unspecified atom stereocenters. The van der Waals surface area contributed by atoms with Crippen molar-refractivity contribution < 1.29 is 0 Å². The molecule has 3 nitrogen and oxygen atoms in total. The van der Waals surface area contributed by atoms with Gasteiger partial charge in [-0.3, -0.25) is 9.67 Å². The van der Waals surface area contributed by atoms with Crippen LogP contribution in [0, 0.1) is 0 Å². The van der Waals surface area contributed by atoms with Crippen LogP contribution in [0.2, 0.25) is 0 Å². The Morgan fingerprint density at radius 3 is 2.04 bits per heavy atom. The number of hydrogen-bond acceptors (Lipinski definition) is 2. The molecular formula is C21H17N3. The molecule has 4 rings (SSSR count). The Balaban J connectivity index is 1.80. The Kier molecular flexibility index (Phi) is 3.90. The van der Waals surface area contributed by atoms with Crippen molar-refractivity contribution in [1.29, 1.82) is 0 Å². The van der Waals surface area contributed by atoms with Gasteiger partial charge in [-0.1, -0.05) is 66.7 Å². The molecule has 0 bridgehead atoms. The molecule has 2 heterocycles. The topological polar surface area (TPSA) is 30.7 Å². The van der Waals surface area contributed by atoms with E-state index in [1.54, 1.807) is 0 Å². The first-order chi connectivity index (χ1) is 11.9. The van der Waals surface area contributed by atoms with Crippen molar-refractivity contribution >= 4 is 0 Å². The zero-order valence-corrected chi connectivity index (χ0v) is 13.2. The predicted octanol–water partition coefficient (Wildman–Crippen LogP) is 4.66. The highest BCUT2D eigenvalue weighted by molar-refractivity contribution is 5.68. The van der Waals surface area contributed by atoms with Gasteiger partial charge in [0.15, 0.2) is 0 Å². The van der Waals surface area contributed by atoms with Gasteiger partial charge in [-0.05, 0) is 23.8 Å². The lowest BCUT2D eigenvalue weighted by atomic mass is 10.1. The molecule has 4 aromatic rings. The van der Waals surface area contributed by atoms with Gasteiger partial charge in [0.1, 0.15) is 0 Å². The number of aromatic nitrogens is 3. The summed E-state index contributed by atoms with van der Waals surface area (Å²) in [6.45, 7) is 0.651. The third kappa shape index (κ3) is 2.97. The van der Waals surface area contributed by atoms with Crippen molar-refractivity contribution in [3.05, 3.63) is 96.8 Å². The number of benzene rings is 2. The first kappa shape index (κ1) is 14.4. The van der Waals surface area contributed by atoms with Crippen molar-refractivity contribution in [3.8, 4) is 22.5 Å². The van der Waals surface area contributed by atoms with Crippen LogP contribution in [0.4, 0.5) is 0 Å².